The number of nitrogens with one attached hydrogen (secondary N) is 2. The smallest absolute Gasteiger partial charge is 0.260 e. The predicted molar refractivity (Wildman–Crippen MR) is 300 cm³/mol. The van der Waals surface area contributed by atoms with Crippen molar-refractivity contribution in [1.29, 1.82) is 0 Å². The van der Waals surface area contributed by atoms with Crippen LogP contribution in [0.3, 0.4) is 0 Å². The molecule has 0 saturated carbocycles. The Morgan fingerprint density at radius 2 is 1.39 bits per heavy atom. The van der Waals surface area contributed by atoms with Crippen molar-refractivity contribution in [1.82, 2.24) is 15.1 Å². The Kier molecular flexibility index (Phi) is 17.1. The highest BCUT2D eigenvalue weighted by molar-refractivity contribution is 6.13. The number of aliphatic imine (C=N–C) groups is 2. The van der Waals surface area contributed by atoms with Gasteiger partial charge < -0.3 is 34.5 Å². The van der Waals surface area contributed by atoms with Gasteiger partial charge in [0, 0.05) is 104 Å². The second-order valence-electron chi connectivity index (χ2n) is 21.0. The molecule has 17 nitrogen and oxygen atoms in total. The van der Waals surface area contributed by atoms with Gasteiger partial charge in [0.05, 0.1) is 56.5 Å². The van der Waals surface area contributed by atoms with E-state index < -0.39 is 12.0 Å². The largest absolute Gasteiger partial charge is 0.497 e. The molecule has 0 spiro atoms. The van der Waals surface area contributed by atoms with Gasteiger partial charge in [0.2, 0.25) is 11.8 Å². The highest BCUT2D eigenvalue weighted by atomic mass is 16.5. The summed E-state index contributed by atoms with van der Waals surface area (Å²) in [4.78, 5) is 103. The Morgan fingerprint density at radius 1 is 0.722 bits per heavy atom. The molecule has 5 atom stereocenters. The minimum absolute atomic E-state index is 0.0288. The number of methoxy groups -OCH3 is 2. The first-order valence-electron chi connectivity index (χ1n) is 27.0. The number of allylic oxidation sites excluding steroid dienone is 2. The zero-order valence-corrected chi connectivity index (χ0v) is 45.4. The lowest BCUT2D eigenvalue weighted by Gasteiger charge is -2.23. The number of benzene rings is 4. The van der Waals surface area contributed by atoms with Crippen molar-refractivity contribution in [3.05, 3.63) is 125 Å². The summed E-state index contributed by atoms with van der Waals surface area (Å²) in [6.45, 7) is 8.21. The molecule has 5 aliphatic rings. The summed E-state index contributed by atoms with van der Waals surface area (Å²) in [5.41, 5.74) is 7.38. The fraction of sp³-hybridized carbons (Fsp3) is 0.371. The van der Waals surface area contributed by atoms with Crippen molar-refractivity contribution in [2.75, 3.05) is 39.3 Å². The van der Waals surface area contributed by atoms with Crippen LogP contribution in [0.15, 0.2) is 107 Å². The maximum Gasteiger partial charge on any atom is 0.260 e. The normalized spacial score (nSPS) is 18.7. The summed E-state index contributed by atoms with van der Waals surface area (Å²) in [5.74, 6) is -0.609. The Bertz CT molecular complexity index is 3190. The summed E-state index contributed by atoms with van der Waals surface area (Å²) < 4.78 is 23.4. The minimum Gasteiger partial charge on any atom is -0.497 e. The molecule has 2 N–H and O–H groups in total. The Balaban J connectivity index is 0.733. The molecule has 9 rings (SSSR count). The second-order valence-corrected chi connectivity index (χ2v) is 21.0. The number of rotatable bonds is 23. The average Bonchev–Trinajstić information content (AvgIpc) is 4.17. The van der Waals surface area contributed by atoms with Crippen molar-refractivity contribution in [2.45, 2.75) is 91.1 Å². The number of fused-ring (bicyclic) bond motifs is 4. The molecular weight excluding hydrogens is 1000 g/mol. The number of ether oxygens (including phenoxy) is 4. The number of anilines is 1. The number of aryl methyl sites for hydroxylation is 1. The molecule has 4 aliphatic heterocycles. The van der Waals surface area contributed by atoms with Crippen LogP contribution >= 0.6 is 0 Å². The van der Waals surface area contributed by atoms with Gasteiger partial charge in [0.1, 0.15) is 11.5 Å². The SMILES string of the molecule is COc1ccc(C2=CC3C(=O)c4cc(C)c(OCCCOc5cc6c(cc5OC)C(=O)N5C=C(c7ccc(NC(=O)[C@H](C)CC(=O)[C@@H](NC(=O)CCCCCN8C(=O)C=CC8=O)C(C)C)cc7)C[C@H]5C=N6)cc4N=C[C@@H]3C2)cc1. The number of nitrogens with zero attached hydrogens (tertiary/aromatic N) is 4. The molecule has 0 radical (unpaired) electrons. The van der Waals surface area contributed by atoms with Crippen molar-refractivity contribution in [2.24, 2.45) is 33.7 Å². The van der Waals surface area contributed by atoms with Crippen LogP contribution in [0, 0.1) is 30.6 Å². The first-order chi connectivity index (χ1) is 38.1. The van der Waals surface area contributed by atoms with E-state index in [1.165, 1.54) is 24.2 Å². The van der Waals surface area contributed by atoms with Crippen LogP contribution in [0.4, 0.5) is 17.1 Å². The number of imide groups is 1. The van der Waals surface area contributed by atoms with E-state index in [2.05, 4.69) is 16.7 Å². The van der Waals surface area contributed by atoms with Crippen LogP contribution in [0.5, 0.6) is 23.0 Å². The lowest BCUT2D eigenvalue weighted by molar-refractivity contribution is -0.137. The lowest BCUT2D eigenvalue weighted by atomic mass is 9.89. The van der Waals surface area contributed by atoms with Gasteiger partial charge in [-0.05, 0) is 96.3 Å². The van der Waals surface area contributed by atoms with Gasteiger partial charge in [-0.2, -0.15) is 0 Å². The van der Waals surface area contributed by atoms with Crippen LogP contribution in [-0.2, 0) is 24.0 Å². The Hall–Kier alpha value is -8.47. The van der Waals surface area contributed by atoms with E-state index in [-0.39, 0.29) is 77.7 Å². The molecular formula is C62H66N6O11. The number of hydrogen-bond donors (Lipinski definition) is 2. The third-order valence-corrected chi connectivity index (χ3v) is 15.0. The fourth-order valence-corrected chi connectivity index (χ4v) is 10.5. The van der Waals surface area contributed by atoms with Crippen LogP contribution in [-0.4, -0.2) is 109 Å². The zero-order valence-electron chi connectivity index (χ0n) is 45.4. The number of Topliss-reactive ketones (excluding diaryl/α,β-unsaturated/α-hetero) is 2. The molecule has 410 valence electrons. The van der Waals surface area contributed by atoms with Crippen molar-refractivity contribution < 1.29 is 52.5 Å². The van der Waals surface area contributed by atoms with Gasteiger partial charge in [0.15, 0.2) is 23.1 Å². The van der Waals surface area contributed by atoms with Crippen LogP contribution < -0.4 is 29.6 Å². The summed E-state index contributed by atoms with van der Waals surface area (Å²) in [5, 5.41) is 5.75. The maximum absolute atomic E-state index is 14.1. The number of hydrogen-bond acceptors (Lipinski definition) is 13. The third kappa shape index (κ3) is 12.6. The molecule has 0 aromatic heterocycles. The molecule has 79 heavy (non-hydrogen) atoms. The first kappa shape index (κ1) is 55.3. The standard InChI is InChI=1S/C62H66N6O11/c1-36(2)59(66-56(70)11-8-7-9-22-67-57(71)20-21-58(67)72)52(69)26-38(4)61(74)65-44-16-12-40(13-17-44)43-28-45-34-64-51-32-55(54(77-6)30-49(51)62(75)68(45)35-43)79-24-10-23-78-53-31-50-48(25-37(53)3)60(73)47-29-41(27-42(47)33-63-50)39-14-18-46(76-5)19-15-39/h12-21,25,29-36,38,42,45,47,59H,7-11,22-24,26-28H2,1-6H3,(H,65,74)(H,66,70)/t38-,42+,45+,47?,59+/m1/s1. The zero-order chi connectivity index (χ0) is 55.9. The molecule has 1 unspecified atom stereocenters. The molecule has 0 bridgehead atoms. The van der Waals surface area contributed by atoms with Crippen molar-refractivity contribution >= 4 is 81.7 Å². The predicted octanol–water partition coefficient (Wildman–Crippen LogP) is 9.61. The molecule has 4 heterocycles. The van der Waals surface area contributed by atoms with E-state index in [1.54, 1.807) is 49.4 Å². The second kappa shape index (κ2) is 24.5. The van der Waals surface area contributed by atoms with Crippen LogP contribution in [0.1, 0.15) is 110 Å². The topological polar surface area (TPSA) is 212 Å². The van der Waals surface area contributed by atoms with E-state index in [0.717, 1.165) is 40.0 Å². The van der Waals surface area contributed by atoms with E-state index >= 15 is 0 Å². The molecule has 0 fully saturated rings. The molecule has 17 heteroatoms. The molecule has 4 aromatic carbocycles. The summed E-state index contributed by atoms with van der Waals surface area (Å²) in [6, 6.07) is 21.2. The van der Waals surface area contributed by atoms with Crippen LogP contribution in [0.25, 0.3) is 11.1 Å². The van der Waals surface area contributed by atoms with Gasteiger partial charge in [-0.15, -0.1) is 0 Å². The third-order valence-electron chi connectivity index (χ3n) is 15.0. The number of ketones is 2. The van der Waals surface area contributed by atoms with E-state index in [0.29, 0.717) is 97.3 Å². The number of unbranched alkanes of at least 4 members (excludes halogenated alkanes) is 2. The average molecular weight is 1070 g/mol. The van der Waals surface area contributed by atoms with Gasteiger partial charge in [-0.25, -0.2) is 0 Å². The first-order valence-corrected chi connectivity index (χ1v) is 27.0. The van der Waals surface area contributed by atoms with E-state index in [4.69, 9.17) is 28.9 Å². The fourth-order valence-electron chi connectivity index (χ4n) is 10.5. The van der Waals surface area contributed by atoms with Gasteiger partial charge in [-0.1, -0.05) is 57.5 Å². The van der Waals surface area contributed by atoms with Crippen molar-refractivity contribution in [3.63, 3.8) is 0 Å². The Labute approximate surface area is 459 Å². The van der Waals surface area contributed by atoms with Crippen LogP contribution in [0.2, 0.25) is 0 Å². The highest BCUT2D eigenvalue weighted by Crippen LogP contribution is 2.43. The number of carbonyl (C=O) groups excluding carboxylic acids is 7. The molecule has 5 amide bonds. The quantitative estimate of drug-likeness (QED) is 0.0527. The highest BCUT2D eigenvalue weighted by Gasteiger charge is 2.37. The van der Waals surface area contributed by atoms with Gasteiger partial charge in [0.25, 0.3) is 17.7 Å². The van der Waals surface area contributed by atoms with Crippen molar-refractivity contribution in [3.8, 4) is 23.0 Å². The maximum atomic E-state index is 14.1. The minimum atomic E-state index is -0.755. The summed E-state index contributed by atoms with van der Waals surface area (Å²) in [7, 11) is 3.16. The number of amides is 5. The molecule has 4 aromatic rings. The van der Waals surface area contributed by atoms with Gasteiger partial charge >= 0.3 is 0 Å². The van der Waals surface area contributed by atoms with E-state index in [9.17, 15) is 33.6 Å². The van der Waals surface area contributed by atoms with E-state index in [1.807, 2.05) is 81.7 Å². The Morgan fingerprint density at radius 3 is 2.10 bits per heavy atom. The number of carbonyl (C=O) groups is 7. The summed E-state index contributed by atoms with van der Waals surface area (Å²) >= 11 is 0. The molecule has 0 saturated heterocycles. The lowest BCUT2D eigenvalue weighted by Crippen LogP contribution is -2.45. The summed E-state index contributed by atoms with van der Waals surface area (Å²) in [6.07, 6.45) is 13.7. The monoisotopic (exact) mass is 1070 g/mol. The van der Waals surface area contributed by atoms with Gasteiger partial charge in [-0.3, -0.25) is 48.4 Å². The molecule has 1 aliphatic carbocycles.